The van der Waals surface area contributed by atoms with Gasteiger partial charge in [-0.2, -0.15) is 0 Å². The van der Waals surface area contributed by atoms with Crippen LogP contribution in [0.15, 0.2) is 60.7 Å². The number of amides is 10. The van der Waals surface area contributed by atoms with Crippen molar-refractivity contribution < 1.29 is 47.9 Å². The lowest BCUT2D eigenvalue weighted by molar-refractivity contribution is -0.137. The number of nitrogens with one attached hydrogen (secondary N) is 10. The summed E-state index contributed by atoms with van der Waals surface area (Å²) in [6.07, 6.45) is 0.827. The maximum absolute atomic E-state index is 14.7. The second kappa shape index (κ2) is 34.8. The van der Waals surface area contributed by atoms with Crippen LogP contribution in [-0.4, -0.2) is 119 Å². The molecule has 10 N–H and O–H groups in total. The summed E-state index contributed by atoms with van der Waals surface area (Å²) in [5, 5.41) is 28.6. The molecule has 0 unspecified atom stereocenters. The van der Waals surface area contributed by atoms with Crippen LogP contribution in [0.25, 0.3) is 0 Å². The maximum Gasteiger partial charge on any atom is 0.243 e. The van der Waals surface area contributed by atoms with Crippen molar-refractivity contribution in [1.29, 1.82) is 0 Å². The number of benzene rings is 2. The molecule has 0 bridgehead atoms. The van der Waals surface area contributed by atoms with Crippen LogP contribution in [0.1, 0.15) is 160 Å². The highest BCUT2D eigenvalue weighted by Gasteiger charge is 2.39. The molecule has 84 heavy (non-hydrogen) atoms. The first-order valence-corrected chi connectivity index (χ1v) is 30.5. The Morgan fingerprint density at radius 3 is 0.631 bits per heavy atom. The van der Waals surface area contributed by atoms with Crippen LogP contribution in [0.2, 0.25) is 0 Å². The second-order valence-corrected chi connectivity index (χ2v) is 26.1. The SMILES string of the molecule is CC(C)C[C@@H]1NC(=O)[C@H](Cc2ccccc2)NC(=O)[C@@H](CC(C)C)NC(=O)[C@@H](C(C)C)NC(=O)[C@@H](CC(C)C)NC(=O)[C@H](CC(C)C)NC(=O)[C@@H](Cc2ccccc2)NC(=O)[C@@H](CC(C)C)NC(=O)[C@@H](C(C)C)NC(=O)[C@H](CC(C)C)NC1=O. The van der Waals surface area contributed by atoms with E-state index in [9.17, 15) is 47.9 Å². The molecule has 10 amide bonds. The molecule has 468 valence electrons. The molecule has 20 heteroatoms. The van der Waals surface area contributed by atoms with E-state index in [4.69, 9.17) is 0 Å². The van der Waals surface area contributed by atoms with Crippen LogP contribution >= 0.6 is 0 Å². The summed E-state index contributed by atoms with van der Waals surface area (Å²) in [6, 6.07) is 5.81. The monoisotopic (exact) mass is 1170 g/mol. The largest absolute Gasteiger partial charge is 0.343 e. The number of hydrogen-bond acceptors (Lipinski definition) is 10. The predicted molar refractivity (Wildman–Crippen MR) is 326 cm³/mol. The van der Waals surface area contributed by atoms with E-state index in [0.717, 1.165) is 0 Å². The molecule has 20 nitrogen and oxygen atoms in total. The van der Waals surface area contributed by atoms with Crippen molar-refractivity contribution >= 4 is 59.1 Å². The molecule has 0 spiro atoms. The van der Waals surface area contributed by atoms with Gasteiger partial charge in [0.1, 0.15) is 60.4 Å². The quantitative estimate of drug-likeness (QED) is 0.0961. The van der Waals surface area contributed by atoms with Gasteiger partial charge in [-0.25, -0.2) is 0 Å². The molecule has 10 atom stereocenters. The molecule has 2 aromatic carbocycles. The van der Waals surface area contributed by atoms with Crippen molar-refractivity contribution in [3.05, 3.63) is 71.8 Å². The first kappa shape index (κ1) is 71.4. The fourth-order valence-electron chi connectivity index (χ4n) is 10.1. The number of carbonyl (C=O) groups excluding carboxylic acids is 10. The fourth-order valence-corrected chi connectivity index (χ4v) is 10.1. The minimum absolute atomic E-state index is 0.00287. The topological polar surface area (TPSA) is 291 Å². The molecule has 1 aliphatic heterocycles. The van der Waals surface area contributed by atoms with Crippen molar-refractivity contribution in [3.63, 3.8) is 0 Å². The third-order valence-corrected chi connectivity index (χ3v) is 14.4. The van der Waals surface area contributed by atoms with Crippen LogP contribution in [0.4, 0.5) is 0 Å². The molecule has 0 saturated carbocycles. The fraction of sp³-hybridized carbons (Fsp3) is 0.656. The Balaban J connectivity index is 2.29. The molecule has 3 rings (SSSR count). The van der Waals surface area contributed by atoms with Crippen LogP contribution in [0, 0.1) is 47.3 Å². The summed E-state index contributed by atoms with van der Waals surface area (Å²) < 4.78 is 0. The van der Waals surface area contributed by atoms with Crippen LogP contribution < -0.4 is 53.2 Å². The predicted octanol–water partition coefficient (Wildman–Crippen LogP) is 4.92. The average Bonchev–Trinajstić information content (AvgIpc) is 3.36. The summed E-state index contributed by atoms with van der Waals surface area (Å²) in [5.41, 5.74) is 1.38. The van der Waals surface area contributed by atoms with Crippen LogP contribution in [0.3, 0.4) is 0 Å². The van der Waals surface area contributed by atoms with Crippen molar-refractivity contribution in [2.75, 3.05) is 0 Å². The molecule has 0 aromatic heterocycles. The minimum atomic E-state index is -1.27. The molecule has 1 fully saturated rings. The molecule has 1 aliphatic rings. The van der Waals surface area contributed by atoms with Gasteiger partial charge < -0.3 is 53.2 Å². The molecular formula is C64H102N10O10. The lowest BCUT2D eigenvalue weighted by Crippen LogP contribution is -2.62. The highest BCUT2D eigenvalue weighted by atomic mass is 16.2. The van der Waals surface area contributed by atoms with Crippen LogP contribution in [-0.2, 0) is 60.8 Å². The summed E-state index contributed by atoms with van der Waals surface area (Å²) in [6.45, 7) is 29.4. The normalized spacial score (nSPS) is 25.0. The van der Waals surface area contributed by atoms with E-state index >= 15 is 0 Å². The van der Waals surface area contributed by atoms with Gasteiger partial charge in [-0.05, 0) is 97.0 Å². The van der Waals surface area contributed by atoms with E-state index in [1.165, 1.54) is 0 Å². The summed E-state index contributed by atoms with van der Waals surface area (Å²) in [7, 11) is 0. The zero-order valence-electron chi connectivity index (χ0n) is 52.9. The van der Waals surface area contributed by atoms with Gasteiger partial charge in [0, 0.05) is 12.8 Å². The van der Waals surface area contributed by atoms with Gasteiger partial charge in [0.25, 0.3) is 0 Å². The van der Waals surface area contributed by atoms with Gasteiger partial charge in [-0.1, -0.05) is 171 Å². The third-order valence-electron chi connectivity index (χ3n) is 14.4. The van der Waals surface area contributed by atoms with Crippen molar-refractivity contribution in [2.24, 2.45) is 47.3 Å². The molecule has 0 aliphatic carbocycles. The molecule has 1 saturated heterocycles. The van der Waals surface area contributed by atoms with Crippen molar-refractivity contribution in [3.8, 4) is 0 Å². The van der Waals surface area contributed by atoms with E-state index in [-0.39, 0.29) is 86.9 Å². The third kappa shape index (κ3) is 24.8. The molecule has 1 heterocycles. The lowest BCUT2D eigenvalue weighted by atomic mass is 9.96. The van der Waals surface area contributed by atoms with Gasteiger partial charge in [0.05, 0.1) is 0 Å². The Morgan fingerprint density at radius 2 is 0.429 bits per heavy atom. The molecule has 2 aromatic rings. The first-order valence-electron chi connectivity index (χ1n) is 30.5. The van der Waals surface area contributed by atoms with Gasteiger partial charge in [-0.15, -0.1) is 0 Å². The van der Waals surface area contributed by atoms with E-state index in [0.29, 0.717) is 11.1 Å². The Kier molecular flexibility index (Phi) is 29.6. The van der Waals surface area contributed by atoms with Gasteiger partial charge >= 0.3 is 0 Å². The Labute approximate surface area is 500 Å². The Hall–Kier alpha value is -6.86. The first-order chi connectivity index (χ1) is 39.3. The lowest BCUT2D eigenvalue weighted by Gasteiger charge is -2.31. The van der Waals surface area contributed by atoms with E-state index in [1.54, 1.807) is 76.2 Å². The van der Waals surface area contributed by atoms with Crippen molar-refractivity contribution in [1.82, 2.24) is 53.2 Å². The van der Waals surface area contributed by atoms with Crippen molar-refractivity contribution in [2.45, 2.75) is 223 Å². The molecular weight excluding hydrogens is 1070 g/mol. The zero-order chi connectivity index (χ0) is 63.1. The standard InChI is InChI=1S/C64H102N10O10/c1-35(2)27-45-55(75)67-49(31-39(9)10)61(81)73-53(41(13)14)63(83)72-48(30-38(7)8)58(78)70-52(34-44-25-21-18-22-26-44)60(80)66-46(28-36(3)4)56(76)68-50(32-40(11)12)62(82)74-54(42(15)16)64(84)71-47(29-37(5)6)57(77)69-51(59(79)65-45)33-43-23-19-17-20-24-43/h17-26,35-42,45-54H,27-34H2,1-16H3,(H,65,79)(H,66,80)(H,67,75)(H,68,76)(H,69,77)(H,70,78)(H,71,84)(H,72,83)(H,73,81)(H,74,82)/t45-,46-,47+,48+,49-,50+,51-,52+,53+,54+/m0/s1. The summed E-state index contributed by atoms with van der Waals surface area (Å²) in [5.74, 6) is -8.73. The highest BCUT2D eigenvalue weighted by Crippen LogP contribution is 2.17. The van der Waals surface area contributed by atoms with Gasteiger partial charge in [-0.3, -0.25) is 47.9 Å². The smallest absolute Gasteiger partial charge is 0.243 e. The van der Waals surface area contributed by atoms with Gasteiger partial charge in [0.2, 0.25) is 59.1 Å². The number of carbonyl (C=O) groups is 10. The Morgan fingerprint density at radius 1 is 0.250 bits per heavy atom. The minimum Gasteiger partial charge on any atom is -0.343 e. The average molecular weight is 1170 g/mol. The summed E-state index contributed by atoms with van der Waals surface area (Å²) in [4.78, 5) is 146. The van der Waals surface area contributed by atoms with Crippen LogP contribution in [0.5, 0.6) is 0 Å². The van der Waals surface area contributed by atoms with E-state index in [1.807, 2.05) is 95.2 Å². The summed E-state index contributed by atoms with van der Waals surface area (Å²) >= 11 is 0. The number of rotatable bonds is 18. The Bertz CT molecular complexity index is 2310. The number of hydrogen-bond donors (Lipinski definition) is 10. The zero-order valence-corrected chi connectivity index (χ0v) is 52.9. The van der Waals surface area contributed by atoms with E-state index < -0.39 is 131 Å². The second-order valence-electron chi connectivity index (χ2n) is 26.1. The maximum atomic E-state index is 14.7. The van der Waals surface area contributed by atoms with E-state index in [2.05, 4.69) is 53.2 Å². The van der Waals surface area contributed by atoms with Gasteiger partial charge in [0.15, 0.2) is 0 Å². The highest BCUT2D eigenvalue weighted by molar-refractivity contribution is 5.99. The molecule has 0 radical (unpaired) electrons.